The Morgan fingerprint density at radius 2 is 2.07 bits per heavy atom. The lowest BCUT2D eigenvalue weighted by molar-refractivity contribution is 0.893. The van der Waals surface area contributed by atoms with Gasteiger partial charge in [-0.05, 0) is 28.1 Å². The summed E-state index contributed by atoms with van der Waals surface area (Å²) in [5.74, 6) is 0.893. The van der Waals surface area contributed by atoms with E-state index in [-0.39, 0.29) is 0 Å². The quantitative estimate of drug-likeness (QED) is 0.901. The highest BCUT2D eigenvalue weighted by Gasteiger charge is 2.12. The smallest absolute Gasteiger partial charge is 0.141 e. The lowest BCUT2D eigenvalue weighted by Crippen LogP contribution is -1.97. The summed E-state index contributed by atoms with van der Waals surface area (Å²) in [5, 5.41) is 0. The SMILES string of the molecule is Cn1c(-c2ccncc2)nc(CN)c1Br. The summed E-state index contributed by atoms with van der Waals surface area (Å²) in [6, 6.07) is 3.85. The molecule has 0 aromatic carbocycles. The molecule has 0 radical (unpaired) electrons. The number of halogens is 1. The molecule has 0 bridgehead atoms. The highest BCUT2D eigenvalue weighted by Crippen LogP contribution is 2.24. The molecule has 0 unspecified atom stereocenters. The van der Waals surface area contributed by atoms with E-state index in [1.54, 1.807) is 12.4 Å². The molecule has 0 spiro atoms. The van der Waals surface area contributed by atoms with E-state index in [1.807, 2.05) is 23.7 Å². The number of pyridine rings is 1. The van der Waals surface area contributed by atoms with Crippen LogP contribution in [0.2, 0.25) is 0 Å². The van der Waals surface area contributed by atoms with E-state index in [1.165, 1.54) is 0 Å². The van der Waals surface area contributed by atoms with Crippen molar-refractivity contribution in [2.75, 3.05) is 0 Å². The van der Waals surface area contributed by atoms with Crippen LogP contribution in [0, 0.1) is 0 Å². The number of rotatable bonds is 2. The molecule has 2 rings (SSSR count). The molecule has 0 saturated carbocycles. The van der Waals surface area contributed by atoms with Gasteiger partial charge < -0.3 is 10.3 Å². The fourth-order valence-electron chi connectivity index (χ4n) is 1.42. The Hall–Kier alpha value is -1.20. The van der Waals surface area contributed by atoms with Crippen molar-refractivity contribution < 1.29 is 0 Å². The fraction of sp³-hybridized carbons (Fsp3) is 0.200. The van der Waals surface area contributed by atoms with Gasteiger partial charge in [-0.1, -0.05) is 0 Å². The van der Waals surface area contributed by atoms with Gasteiger partial charge in [0.15, 0.2) is 0 Å². The molecule has 0 aliphatic carbocycles. The lowest BCUT2D eigenvalue weighted by Gasteiger charge is -2.01. The van der Waals surface area contributed by atoms with Crippen molar-refractivity contribution in [2.24, 2.45) is 12.8 Å². The minimum absolute atomic E-state index is 0.430. The molecule has 4 nitrogen and oxygen atoms in total. The highest BCUT2D eigenvalue weighted by atomic mass is 79.9. The van der Waals surface area contributed by atoms with Crippen LogP contribution in [0.4, 0.5) is 0 Å². The van der Waals surface area contributed by atoms with Crippen LogP contribution in [0.1, 0.15) is 5.69 Å². The van der Waals surface area contributed by atoms with E-state index in [4.69, 9.17) is 5.73 Å². The van der Waals surface area contributed by atoms with Gasteiger partial charge in [-0.15, -0.1) is 0 Å². The van der Waals surface area contributed by atoms with E-state index >= 15 is 0 Å². The van der Waals surface area contributed by atoms with Gasteiger partial charge in [0, 0.05) is 31.5 Å². The first-order valence-electron chi connectivity index (χ1n) is 4.55. The fourth-order valence-corrected chi connectivity index (χ4v) is 1.84. The Morgan fingerprint density at radius 1 is 1.40 bits per heavy atom. The van der Waals surface area contributed by atoms with E-state index < -0.39 is 0 Å². The van der Waals surface area contributed by atoms with Crippen LogP contribution >= 0.6 is 15.9 Å². The molecule has 0 aliphatic rings. The van der Waals surface area contributed by atoms with Gasteiger partial charge in [0.2, 0.25) is 0 Å². The number of hydrogen-bond donors (Lipinski definition) is 1. The molecular formula is C10H11BrN4. The minimum atomic E-state index is 0.430. The summed E-state index contributed by atoms with van der Waals surface area (Å²) in [6.45, 7) is 0.430. The summed E-state index contributed by atoms with van der Waals surface area (Å²) >= 11 is 3.46. The molecule has 2 aromatic heterocycles. The van der Waals surface area contributed by atoms with Crippen molar-refractivity contribution in [1.82, 2.24) is 14.5 Å². The predicted molar refractivity (Wildman–Crippen MR) is 62.0 cm³/mol. The molecule has 0 aliphatic heterocycles. The Labute approximate surface area is 96.3 Å². The molecule has 0 fully saturated rings. The molecular weight excluding hydrogens is 256 g/mol. The average Bonchev–Trinajstić information content (AvgIpc) is 2.57. The van der Waals surface area contributed by atoms with E-state index in [2.05, 4.69) is 25.9 Å². The van der Waals surface area contributed by atoms with Crippen molar-refractivity contribution >= 4 is 15.9 Å². The number of aromatic nitrogens is 3. The van der Waals surface area contributed by atoms with Gasteiger partial charge in [-0.2, -0.15) is 0 Å². The van der Waals surface area contributed by atoms with Crippen molar-refractivity contribution in [3.63, 3.8) is 0 Å². The topological polar surface area (TPSA) is 56.7 Å². The Morgan fingerprint density at radius 3 is 2.60 bits per heavy atom. The first kappa shape index (κ1) is 10.3. The van der Waals surface area contributed by atoms with Crippen LogP contribution in [0.5, 0.6) is 0 Å². The second-order valence-electron chi connectivity index (χ2n) is 3.17. The van der Waals surface area contributed by atoms with E-state index in [0.29, 0.717) is 6.54 Å². The first-order chi connectivity index (χ1) is 7.24. The highest BCUT2D eigenvalue weighted by molar-refractivity contribution is 9.10. The van der Waals surface area contributed by atoms with Gasteiger partial charge in [0.1, 0.15) is 10.4 Å². The van der Waals surface area contributed by atoms with Crippen LogP contribution in [-0.4, -0.2) is 14.5 Å². The van der Waals surface area contributed by atoms with Crippen LogP contribution in [-0.2, 0) is 13.6 Å². The minimum Gasteiger partial charge on any atom is -0.325 e. The Bertz CT molecular complexity index is 464. The maximum Gasteiger partial charge on any atom is 0.141 e. The maximum absolute atomic E-state index is 5.59. The maximum atomic E-state index is 5.59. The summed E-state index contributed by atoms with van der Waals surface area (Å²) in [5.41, 5.74) is 7.49. The number of imidazole rings is 1. The van der Waals surface area contributed by atoms with Crippen LogP contribution < -0.4 is 5.73 Å². The van der Waals surface area contributed by atoms with Crippen molar-refractivity contribution in [3.8, 4) is 11.4 Å². The van der Waals surface area contributed by atoms with E-state index in [9.17, 15) is 0 Å². The predicted octanol–water partition coefficient (Wildman–Crippen LogP) is 1.70. The molecule has 2 heterocycles. The van der Waals surface area contributed by atoms with Gasteiger partial charge in [0.05, 0.1) is 5.69 Å². The zero-order valence-electron chi connectivity index (χ0n) is 8.31. The standard InChI is InChI=1S/C10H11BrN4/c1-15-9(11)8(6-12)14-10(15)7-2-4-13-5-3-7/h2-5H,6,12H2,1H3. The summed E-state index contributed by atoms with van der Waals surface area (Å²) in [7, 11) is 1.95. The molecule has 78 valence electrons. The molecule has 2 aromatic rings. The zero-order valence-corrected chi connectivity index (χ0v) is 9.90. The summed E-state index contributed by atoms with van der Waals surface area (Å²) < 4.78 is 2.90. The van der Waals surface area contributed by atoms with Crippen LogP contribution in [0.25, 0.3) is 11.4 Å². The number of nitrogens with zero attached hydrogens (tertiary/aromatic N) is 3. The molecule has 5 heteroatoms. The Kier molecular flexibility index (Phi) is 2.83. The third kappa shape index (κ3) is 1.80. The molecule has 0 amide bonds. The normalized spacial score (nSPS) is 10.6. The second kappa shape index (κ2) is 4.12. The van der Waals surface area contributed by atoms with Gasteiger partial charge >= 0.3 is 0 Å². The van der Waals surface area contributed by atoms with Crippen molar-refractivity contribution in [2.45, 2.75) is 6.54 Å². The van der Waals surface area contributed by atoms with E-state index in [0.717, 1.165) is 21.7 Å². The summed E-state index contributed by atoms with van der Waals surface area (Å²) in [6.07, 6.45) is 3.50. The number of hydrogen-bond acceptors (Lipinski definition) is 3. The molecule has 0 saturated heterocycles. The average molecular weight is 267 g/mol. The zero-order chi connectivity index (χ0) is 10.8. The molecule has 0 atom stereocenters. The van der Waals surface area contributed by atoms with Crippen molar-refractivity contribution in [3.05, 3.63) is 34.8 Å². The van der Waals surface area contributed by atoms with Crippen LogP contribution in [0.15, 0.2) is 29.1 Å². The first-order valence-corrected chi connectivity index (χ1v) is 5.35. The monoisotopic (exact) mass is 266 g/mol. The lowest BCUT2D eigenvalue weighted by atomic mass is 10.2. The largest absolute Gasteiger partial charge is 0.325 e. The van der Waals surface area contributed by atoms with Gasteiger partial charge in [-0.3, -0.25) is 4.98 Å². The summed E-state index contributed by atoms with van der Waals surface area (Å²) in [4.78, 5) is 8.44. The number of nitrogens with two attached hydrogens (primary N) is 1. The third-order valence-corrected chi connectivity index (χ3v) is 3.21. The molecule has 15 heavy (non-hydrogen) atoms. The molecule has 2 N–H and O–H groups in total. The second-order valence-corrected chi connectivity index (χ2v) is 3.92. The van der Waals surface area contributed by atoms with Gasteiger partial charge in [0.25, 0.3) is 0 Å². The van der Waals surface area contributed by atoms with Gasteiger partial charge in [-0.25, -0.2) is 4.98 Å². The van der Waals surface area contributed by atoms with Crippen molar-refractivity contribution in [1.29, 1.82) is 0 Å². The Balaban J connectivity index is 2.55. The third-order valence-electron chi connectivity index (χ3n) is 2.22. The van der Waals surface area contributed by atoms with Crippen LogP contribution in [0.3, 0.4) is 0 Å².